The molecule has 0 unspecified atom stereocenters. The summed E-state index contributed by atoms with van der Waals surface area (Å²) in [6, 6.07) is 9.60. The zero-order valence-corrected chi connectivity index (χ0v) is 14.3. The summed E-state index contributed by atoms with van der Waals surface area (Å²) in [4.78, 5) is 25.9. The largest absolute Gasteiger partial charge is 0.481 e. The Bertz CT molecular complexity index is 731. The minimum absolute atomic E-state index is 0.0671. The van der Waals surface area contributed by atoms with Crippen molar-refractivity contribution in [2.45, 2.75) is 20.0 Å². The Morgan fingerprint density at radius 1 is 1.20 bits per heavy atom. The molecule has 0 aliphatic carbocycles. The maximum Gasteiger partial charge on any atom is 0.387 e. The molecule has 0 aliphatic heterocycles. The van der Waals surface area contributed by atoms with Crippen molar-refractivity contribution >= 4 is 23.2 Å². The van der Waals surface area contributed by atoms with Crippen LogP contribution >= 0.6 is 11.3 Å². The van der Waals surface area contributed by atoms with Gasteiger partial charge in [0.1, 0.15) is 5.75 Å². The average Bonchev–Trinajstić information content (AvgIpc) is 3.05. The summed E-state index contributed by atoms with van der Waals surface area (Å²) < 4.78 is 28.6. The van der Waals surface area contributed by atoms with Crippen molar-refractivity contribution in [3.8, 4) is 16.2 Å². The van der Waals surface area contributed by atoms with Gasteiger partial charge in [0, 0.05) is 18.0 Å². The van der Waals surface area contributed by atoms with E-state index in [4.69, 9.17) is 5.11 Å². The Morgan fingerprint density at radius 3 is 2.44 bits per heavy atom. The van der Waals surface area contributed by atoms with E-state index in [2.05, 4.69) is 4.74 Å². The lowest BCUT2D eigenvalue weighted by atomic mass is 10.2. The highest BCUT2D eigenvalue weighted by molar-refractivity contribution is 7.17. The molecule has 1 heterocycles. The molecular weight excluding hydrogens is 352 g/mol. The van der Waals surface area contributed by atoms with Crippen molar-refractivity contribution in [3.63, 3.8) is 0 Å². The van der Waals surface area contributed by atoms with Crippen molar-refractivity contribution in [2.24, 2.45) is 0 Å². The number of benzene rings is 1. The van der Waals surface area contributed by atoms with Crippen molar-refractivity contribution in [3.05, 3.63) is 41.3 Å². The molecule has 134 valence electrons. The van der Waals surface area contributed by atoms with Gasteiger partial charge in [0.2, 0.25) is 0 Å². The third-order valence-electron chi connectivity index (χ3n) is 3.45. The van der Waals surface area contributed by atoms with E-state index >= 15 is 0 Å². The molecule has 1 aromatic carbocycles. The minimum atomic E-state index is -2.87. The van der Waals surface area contributed by atoms with Crippen molar-refractivity contribution < 1.29 is 28.2 Å². The number of carbonyl (C=O) groups is 2. The molecule has 1 amide bonds. The lowest BCUT2D eigenvalue weighted by molar-refractivity contribution is -0.137. The Balaban J connectivity index is 2.10. The van der Waals surface area contributed by atoms with Crippen LogP contribution < -0.4 is 4.74 Å². The van der Waals surface area contributed by atoms with E-state index in [0.29, 0.717) is 11.4 Å². The first-order valence-electron chi connectivity index (χ1n) is 7.57. The SMILES string of the molecule is CCN(CCC(=O)O)C(=O)c1ccc(-c2ccc(OC(F)F)cc2)s1. The zero-order valence-electron chi connectivity index (χ0n) is 13.4. The van der Waals surface area contributed by atoms with Crippen molar-refractivity contribution in [1.82, 2.24) is 4.90 Å². The van der Waals surface area contributed by atoms with Gasteiger partial charge in [0.05, 0.1) is 11.3 Å². The van der Waals surface area contributed by atoms with E-state index in [1.165, 1.54) is 28.4 Å². The highest BCUT2D eigenvalue weighted by Gasteiger charge is 2.17. The molecular formula is C17H17F2NO4S. The first-order chi connectivity index (χ1) is 11.9. The maximum absolute atomic E-state index is 12.4. The number of carboxylic acid groups (broad SMARTS) is 1. The third kappa shape index (κ3) is 5.25. The third-order valence-corrected chi connectivity index (χ3v) is 4.57. The molecule has 0 radical (unpaired) electrons. The van der Waals surface area contributed by atoms with Gasteiger partial charge in [-0.05, 0) is 48.9 Å². The number of hydrogen-bond donors (Lipinski definition) is 1. The molecule has 0 fully saturated rings. The van der Waals surface area contributed by atoms with Crippen molar-refractivity contribution in [1.29, 1.82) is 0 Å². The second kappa shape index (κ2) is 8.57. The van der Waals surface area contributed by atoms with E-state index < -0.39 is 12.6 Å². The van der Waals surface area contributed by atoms with Crippen LogP contribution in [0.15, 0.2) is 36.4 Å². The Kier molecular flexibility index (Phi) is 6.46. The lowest BCUT2D eigenvalue weighted by Gasteiger charge is -2.18. The summed E-state index contributed by atoms with van der Waals surface area (Å²) in [5.74, 6) is -1.11. The summed E-state index contributed by atoms with van der Waals surface area (Å²) in [6.45, 7) is -0.519. The zero-order chi connectivity index (χ0) is 18.4. The van der Waals surface area contributed by atoms with Gasteiger partial charge >= 0.3 is 12.6 Å². The summed E-state index contributed by atoms with van der Waals surface area (Å²) >= 11 is 1.26. The van der Waals surface area contributed by atoms with E-state index in [-0.39, 0.29) is 24.6 Å². The summed E-state index contributed by atoms with van der Waals surface area (Å²) in [7, 11) is 0. The summed E-state index contributed by atoms with van der Waals surface area (Å²) in [5.41, 5.74) is 0.777. The van der Waals surface area contributed by atoms with Gasteiger partial charge in [-0.2, -0.15) is 8.78 Å². The van der Waals surface area contributed by atoms with Gasteiger partial charge in [0.25, 0.3) is 5.91 Å². The number of thiophene rings is 1. The number of aliphatic carboxylic acids is 1. The maximum atomic E-state index is 12.4. The van der Waals surface area contributed by atoms with Crippen LogP contribution in [0, 0.1) is 0 Å². The predicted molar refractivity (Wildman–Crippen MR) is 90.2 cm³/mol. The molecule has 0 spiro atoms. The second-order valence-corrected chi connectivity index (χ2v) is 6.18. The normalized spacial score (nSPS) is 10.7. The number of ether oxygens (including phenoxy) is 1. The highest BCUT2D eigenvalue weighted by Crippen LogP contribution is 2.30. The fourth-order valence-electron chi connectivity index (χ4n) is 2.20. The number of amides is 1. The van der Waals surface area contributed by atoms with Crippen LogP contribution in [-0.4, -0.2) is 41.6 Å². The van der Waals surface area contributed by atoms with Crippen LogP contribution in [0.4, 0.5) is 8.78 Å². The molecule has 5 nitrogen and oxygen atoms in total. The molecule has 2 aromatic rings. The molecule has 1 aromatic heterocycles. The van der Waals surface area contributed by atoms with E-state index in [1.807, 2.05) is 0 Å². The van der Waals surface area contributed by atoms with Gasteiger partial charge in [-0.3, -0.25) is 9.59 Å². The highest BCUT2D eigenvalue weighted by atomic mass is 32.1. The number of carboxylic acids is 1. The monoisotopic (exact) mass is 369 g/mol. The molecule has 2 rings (SSSR count). The Hall–Kier alpha value is -2.48. The van der Waals surface area contributed by atoms with Gasteiger partial charge in [-0.25, -0.2) is 0 Å². The predicted octanol–water partition coefficient (Wildman–Crippen LogP) is 3.95. The topological polar surface area (TPSA) is 66.8 Å². The molecule has 0 saturated carbocycles. The Labute approximate surface area is 147 Å². The molecule has 0 aliphatic rings. The number of halogens is 2. The fourth-order valence-corrected chi connectivity index (χ4v) is 3.18. The molecule has 0 atom stereocenters. The average molecular weight is 369 g/mol. The van der Waals surface area contributed by atoms with Crippen LogP contribution in [0.5, 0.6) is 5.75 Å². The standard InChI is InChI=1S/C17H17F2NO4S/c1-2-20(10-9-15(21)22)16(23)14-8-7-13(25-14)11-3-5-12(6-4-11)24-17(18)19/h3-8,17H,2,9-10H2,1H3,(H,21,22). The molecule has 1 N–H and O–H groups in total. The second-order valence-electron chi connectivity index (χ2n) is 5.10. The van der Waals surface area contributed by atoms with E-state index in [1.54, 1.807) is 31.2 Å². The number of hydrogen-bond acceptors (Lipinski definition) is 4. The number of rotatable bonds is 8. The summed E-state index contributed by atoms with van der Waals surface area (Å²) in [5, 5.41) is 8.75. The van der Waals surface area contributed by atoms with Gasteiger partial charge in [-0.15, -0.1) is 11.3 Å². The van der Waals surface area contributed by atoms with Gasteiger partial charge < -0.3 is 14.7 Å². The Morgan fingerprint density at radius 2 is 1.88 bits per heavy atom. The molecule has 8 heteroatoms. The van der Waals surface area contributed by atoms with Crippen LogP contribution in [0.2, 0.25) is 0 Å². The van der Waals surface area contributed by atoms with Gasteiger partial charge in [0.15, 0.2) is 0 Å². The number of alkyl halides is 2. The van der Waals surface area contributed by atoms with E-state index in [0.717, 1.165) is 10.4 Å². The van der Waals surface area contributed by atoms with Crippen LogP contribution in [-0.2, 0) is 4.79 Å². The first-order valence-corrected chi connectivity index (χ1v) is 8.38. The minimum Gasteiger partial charge on any atom is -0.481 e. The smallest absolute Gasteiger partial charge is 0.387 e. The van der Waals surface area contributed by atoms with Crippen LogP contribution in [0.25, 0.3) is 10.4 Å². The molecule has 25 heavy (non-hydrogen) atoms. The molecule has 0 saturated heterocycles. The van der Waals surface area contributed by atoms with Crippen molar-refractivity contribution in [2.75, 3.05) is 13.1 Å². The number of carbonyl (C=O) groups excluding carboxylic acids is 1. The lowest BCUT2D eigenvalue weighted by Crippen LogP contribution is -2.32. The van der Waals surface area contributed by atoms with Crippen LogP contribution in [0.1, 0.15) is 23.0 Å². The number of nitrogens with zero attached hydrogens (tertiary/aromatic N) is 1. The first kappa shape index (κ1) is 18.9. The van der Waals surface area contributed by atoms with E-state index in [9.17, 15) is 18.4 Å². The molecule has 0 bridgehead atoms. The van der Waals surface area contributed by atoms with Gasteiger partial charge in [-0.1, -0.05) is 0 Å². The quantitative estimate of drug-likeness (QED) is 0.765. The summed E-state index contributed by atoms with van der Waals surface area (Å²) in [6.07, 6.45) is -0.108. The fraction of sp³-hybridized carbons (Fsp3) is 0.294. The van der Waals surface area contributed by atoms with Crippen LogP contribution in [0.3, 0.4) is 0 Å².